The van der Waals surface area contributed by atoms with E-state index >= 15 is 0 Å². The molecule has 0 radical (unpaired) electrons. The largest absolute Gasteiger partial charge is 0.508 e. The van der Waals surface area contributed by atoms with Crippen molar-refractivity contribution in [1.82, 2.24) is 0 Å². The summed E-state index contributed by atoms with van der Waals surface area (Å²) in [6.07, 6.45) is 2.80. The van der Waals surface area contributed by atoms with Crippen LogP contribution in [0.25, 0.3) is 0 Å². The zero-order valence-corrected chi connectivity index (χ0v) is 10.8. The van der Waals surface area contributed by atoms with Crippen LogP contribution in [0, 0.1) is 0 Å². The highest BCUT2D eigenvalue weighted by molar-refractivity contribution is 7.90. The third kappa shape index (κ3) is 1.93. The zero-order valence-electron chi connectivity index (χ0n) is 9.97. The van der Waals surface area contributed by atoms with Gasteiger partial charge in [-0.3, -0.25) is 0 Å². The summed E-state index contributed by atoms with van der Waals surface area (Å²) in [5.41, 5.74) is 6.07. The van der Waals surface area contributed by atoms with Crippen LogP contribution in [0.5, 0.6) is 5.75 Å². The molecule has 0 saturated heterocycles. The van der Waals surface area contributed by atoms with Gasteiger partial charge in [0.1, 0.15) is 5.75 Å². The average molecular weight is 255 g/mol. The van der Waals surface area contributed by atoms with Crippen molar-refractivity contribution in [2.24, 2.45) is 5.73 Å². The molecule has 0 aromatic heterocycles. The summed E-state index contributed by atoms with van der Waals surface area (Å²) in [6, 6.07) is 4.43. The summed E-state index contributed by atoms with van der Waals surface area (Å²) >= 11 is 0. The molecular formula is C12H17NO3S. The van der Waals surface area contributed by atoms with Gasteiger partial charge < -0.3 is 10.8 Å². The Labute approximate surface area is 101 Å². The van der Waals surface area contributed by atoms with E-state index in [9.17, 15) is 13.5 Å². The third-order valence-electron chi connectivity index (χ3n) is 3.56. The minimum Gasteiger partial charge on any atom is -0.508 e. The molecule has 0 amide bonds. The fourth-order valence-electron chi connectivity index (χ4n) is 2.40. The van der Waals surface area contributed by atoms with Crippen LogP contribution in [0.2, 0.25) is 0 Å². The van der Waals surface area contributed by atoms with E-state index in [1.54, 1.807) is 6.07 Å². The lowest BCUT2D eigenvalue weighted by Crippen LogP contribution is -2.32. The summed E-state index contributed by atoms with van der Waals surface area (Å²) in [4.78, 5) is 0.201. The van der Waals surface area contributed by atoms with Gasteiger partial charge in [-0.05, 0) is 31.9 Å². The Balaban J connectivity index is 2.69. The molecule has 0 bridgehead atoms. The van der Waals surface area contributed by atoms with Crippen LogP contribution in [-0.2, 0) is 15.3 Å². The van der Waals surface area contributed by atoms with Crippen molar-refractivity contribution in [1.29, 1.82) is 0 Å². The van der Waals surface area contributed by atoms with Crippen LogP contribution in [0.1, 0.15) is 25.3 Å². The van der Waals surface area contributed by atoms with E-state index in [0.717, 1.165) is 19.1 Å². The number of hydrogen-bond acceptors (Lipinski definition) is 4. The van der Waals surface area contributed by atoms with Gasteiger partial charge in [-0.2, -0.15) is 0 Å². The third-order valence-corrected chi connectivity index (χ3v) is 4.70. The summed E-state index contributed by atoms with van der Waals surface area (Å²) in [7, 11) is -3.35. The second-order valence-corrected chi connectivity index (χ2v) is 6.85. The molecule has 3 N–H and O–H groups in total. The minimum absolute atomic E-state index is 0.0303. The number of phenols is 1. The lowest BCUT2D eigenvalue weighted by atomic mass is 9.89. The van der Waals surface area contributed by atoms with Crippen LogP contribution in [-0.4, -0.2) is 25.8 Å². The lowest BCUT2D eigenvalue weighted by molar-refractivity contribution is 0.440. The molecule has 0 aliphatic heterocycles. The van der Waals surface area contributed by atoms with Crippen molar-refractivity contribution in [3.05, 3.63) is 23.8 Å². The summed E-state index contributed by atoms with van der Waals surface area (Å²) in [6.45, 7) is 1.85. The number of benzene rings is 1. The van der Waals surface area contributed by atoms with Gasteiger partial charge in [0.25, 0.3) is 0 Å². The summed E-state index contributed by atoms with van der Waals surface area (Å²) in [5, 5.41) is 9.96. The van der Waals surface area contributed by atoms with Gasteiger partial charge in [0, 0.05) is 23.3 Å². The lowest BCUT2D eigenvalue weighted by Gasteiger charge is -2.23. The molecule has 1 aliphatic carbocycles. The Morgan fingerprint density at radius 1 is 1.41 bits per heavy atom. The van der Waals surface area contributed by atoms with E-state index in [-0.39, 0.29) is 22.1 Å². The van der Waals surface area contributed by atoms with Crippen molar-refractivity contribution in [2.45, 2.75) is 36.1 Å². The van der Waals surface area contributed by atoms with E-state index in [1.807, 2.05) is 6.92 Å². The standard InChI is InChI=1S/C12H17NO3S/c1-8(13)12(6-7-12)11-9(14)4-3-5-10(11)17(2,15)16/h3-5,8,14H,6-7,13H2,1-2H3. The van der Waals surface area contributed by atoms with E-state index in [4.69, 9.17) is 5.73 Å². The van der Waals surface area contributed by atoms with E-state index < -0.39 is 9.84 Å². The predicted octanol–water partition coefficient (Wildman–Crippen LogP) is 1.17. The van der Waals surface area contributed by atoms with E-state index in [1.165, 1.54) is 12.1 Å². The number of hydrogen-bond donors (Lipinski definition) is 2. The highest BCUT2D eigenvalue weighted by Crippen LogP contribution is 2.54. The zero-order chi connectivity index (χ0) is 12.8. The smallest absolute Gasteiger partial charge is 0.175 e. The molecule has 1 atom stereocenters. The Hall–Kier alpha value is -1.07. The molecule has 1 aliphatic rings. The Morgan fingerprint density at radius 3 is 2.41 bits per heavy atom. The predicted molar refractivity (Wildman–Crippen MR) is 65.8 cm³/mol. The Kier molecular flexibility index (Phi) is 2.71. The second-order valence-electron chi connectivity index (χ2n) is 4.87. The van der Waals surface area contributed by atoms with Crippen LogP contribution in [0.15, 0.2) is 23.1 Å². The Bertz CT molecular complexity index is 545. The molecule has 1 unspecified atom stereocenters. The molecule has 2 rings (SSSR count). The van der Waals surface area contributed by atoms with Crippen LogP contribution < -0.4 is 5.73 Å². The van der Waals surface area contributed by atoms with Crippen LogP contribution >= 0.6 is 0 Å². The van der Waals surface area contributed by atoms with Gasteiger partial charge in [-0.1, -0.05) is 6.07 Å². The monoisotopic (exact) mass is 255 g/mol. The van der Waals surface area contributed by atoms with Crippen molar-refractivity contribution in [3.8, 4) is 5.75 Å². The number of nitrogens with two attached hydrogens (primary N) is 1. The van der Waals surface area contributed by atoms with Crippen molar-refractivity contribution in [3.63, 3.8) is 0 Å². The molecule has 1 aromatic rings. The van der Waals surface area contributed by atoms with Gasteiger partial charge in [0.2, 0.25) is 0 Å². The number of phenolic OH excluding ortho intramolecular Hbond substituents is 1. The highest BCUT2D eigenvalue weighted by atomic mass is 32.2. The Morgan fingerprint density at radius 2 is 2.00 bits per heavy atom. The van der Waals surface area contributed by atoms with E-state index in [2.05, 4.69) is 0 Å². The van der Waals surface area contributed by atoms with Crippen LogP contribution in [0.3, 0.4) is 0 Å². The number of rotatable bonds is 3. The number of aromatic hydroxyl groups is 1. The normalized spacial score (nSPS) is 19.9. The molecule has 1 fully saturated rings. The maximum atomic E-state index is 11.8. The number of sulfone groups is 1. The first-order valence-electron chi connectivity index (χ1n) is 5.57. The molecule has 4 nitrogen and oxygen atoms in total. The quantitative estimate of drug-likeness (QED) is 0.849. The molecule has 5 heteroatoms. The fraction of sp³-hybridized carbons (Fsp3) is 0.500. The average Bonchev–Trinajstić information content (AvgIpc) is 2.96. The van der Waals surface area contributed by atoms with Crippen molar-refractivity contribution >= 4 is 9.84 Å². The highest BCUT2D eigenvalue weighted by Gasteiger charge is 2.51. The maximum absolute atomic E-state index is 11.8. The van der Waals surface area contributed by atoms with Crippen molar-refractivity contribution in [2.75, 3.05) is 6.26 Å². The first-order valence-corrected chi connectivity index (χ1v) is 7.46. The maximum Gasteiger partial charge on any atom is 0.175 e. The second kappa shape index (κ2) is 3.71. The van der Waals surface area contributed by atoms with Gasteiger partial charge in [-0.25, -0.2) is 8.42 Å². The molecule has 0 heterocycles. The minimum atomic E-state index is -3.35. The summed E-state index contributed by atoms with van der Waals surface area (Å²) in [5.74, 6) is 0.0303. The first-order chi connectivity index (χ1) is 7.79. The molecule has 1 saturated carbocycles. The first kappa shape index (κ1) is 12.4. The molecule has 94 valence electrons. The molecule has 1 aromatic carbocycles. The van der Waals surface area contributed by atoms with Gasteiger partial charge in [0.05, 0.1) is 4.90 Å². The topological polar surface area (TPSA) is 80.4 Å². The van der Waals surface area contributed by atoms with Gasteiger partial charge >= 0.3 is 0 Å². The van der Waals surface area contributed by atoms with Crippen LogP contribution in [0.4, 0.5) is 0 Å². The molecular weight excluding hydrogens is 238 g/mol. The molecule has 17 heavy (non-hydrogen) atoms. The SMILES string of the molecule is CC(N)C1(c2c(O)cccc2S(C)(=O)=O)CC1. The summed E-state index contributed by atoms with van der Waals surface area (Å²) < 4.78 is 23.5. The molecule has 0 spiro atoms. The van der Waals surface area contributed by atoms with Gasteiger partial charge in [0.15, 0.2) is 9.84 Å². The van der Waals surface area contributed by atoms with Crippen molar-refractivity contribution < 1.29 is 13.5 Å². The van der Waals surface area contributed by atoms with Gasteiger partial charge in [-0.15, -0.1) is 0 Å². The fourth-order valence-corrected chi connectivity index (χ4v) is 3.40. The van der Waals surface area contributed by atoms with E-state index in [0.29, 0.717) is 5.56 Å².